The van der Waals surface area contributed by atoms with Gasteiger partial charge in [-0.05, 0) is 23.7 Å². The van der Waals surface area contributed by atoms with E-state index in [0.29, 0.717) is 4.47 Å². The maximum Gasteiger partial charge on any atom is 0.303 e. The van der Waals surface area contributed by atoms with Crippen molar-refractivity contribution >= 4 is 45.6 Å². The maximum atomic E-state index is 14.3. The second-order valence-corrected chi connectivity index (χ2v) is 8.44. The predicted molar refractivity (Wildman–Crippen MR) is 109 cm³/mol. The van der Waals surface area contributed by atoms with E-state index in [1.54, 1.807) is 0 Å². The molecule has 13 heteroatoms. The Morgan fingerprint density at radius 1 is 1.19 bits per heavy atom. The van der Waals surface area contributed by atoms with Crippen LogP contribution in [0.1, 0.15) is 20.8 Å². The Morgan fingerprint density at radius 3 is 2.42 bits per heavy atom. The number of carbonyl (C=O) groups excluding carboxylic acids is 3. The van der Waals surface area contributed by atoms with Gasteiger partial charge in [0.15, 0.2) is 0 Å². The van der Waals surface area contributed by atoms with Gasteiger partial charge in [0.25, 0.3) is 0 Å². The summed E-state index contributed by atoms with van der Waals surface area (Å²) in [7, 11) is 0. The highest BCUT2D eigenvalue weighted by atomic mass is 79.9. The molecule has 0 saturated carbocycles. The number of ether oxygens (including phenoxy) is 4. The molecule has 0 aliphatic carbocycles. The molecule has 1 aromatic rings. The van der Waals surface area contributed by atoms with Crippen LogP contribution in [0.4, 0.5) is 4.39 Å². The quantitative estimate of drug-likeness (QED) is 0.175. The molecule has 31 heavy (non-hydrogen) atoms. The van der Waals surface area contributed by atoms with Crippen LogP contribution in [-0.2, 0) is 33.3 Å². The molecule has 1 aliphatic heterocycles. The first-order valence-electron chi connectivity index (χ1n) is 8.91. The third kappa shape index (κ3) is 7.10. The minimum absolute atomic E-state index is 0.161. The fraction of sp³-hybridized carbons (Fsp3) is 0.500. The predicted octanol–water partition coefficient (Wildman–Crippen LogP) is 3.51. The van der Waals surface area contributed by atoms with Crippen molar-refractivity contribution in [1.82, 2.24) is 0 Å². The lowest BCUT2D eigenvalue weighted by atomic mass is 9.97. The van der Waals surface area contributed by atoms with Crippen molar-refractivity contribution in [3.63, 3.8) is 0 Å². The molecule has 0 amide bonds. The molecule has 0 radical (unpaired) electrons. The van der Waals surface area contributed by atoms with E-state index in [0.717, 1.165) is 25.6 Å². The molecule has 1 aliphatic rings. The topological polar surface area (TPSA) is 137 Å². The number of thioether (sulfide) groups is 1. The number of hydrogen-bond donors (Lipinski definition) is 0. The van der Waals surface area contributed by atoms with Gasteiger partial charge < -0.3 is 18.9 Å². The molecule has 1 fully saturated rings. The molecule has 2 rings (SSSR count). The summed E-state index contributed by atoms with van der Waals surface area (Å²) < 4.78 is 36.4. The summed E-state index contributed by atoms with van der Waals surface area (Å²) in [5.74, 6) is -2.61. The molecule has 0 bridgehead atoms. The second kappa shape index (κ2) is 11.3. The van der Waals surface area contributed by atoms with Gasteiger partial charge in [-0.2, -0.15) is 0 Å². The van der Waals surface area contributed by atoms with Crippen molar-refractivity contribution < 1.29 is 37.7 Å². The third-order valence-corrected chi connectivity index (χ3v) is 5.66. The van der Waals surface area contributed by atoms with Gasteiger partial charge in [0.2, 0.25) is 0 Å². The van der Waals surface area contributed by atoms with Gasteiger partial charge >= 0.3 is 17.9 Å². The summed E-state index contributed by atoms with van der Waals surface area (Å²) in [6.07, 6.45) is -3.51. The number of benzene rings is 1. The Morgan fingerprint density at radius 2 is 1.84 bits per heavy atom. The number of halogens is 2. The van der Waals surface area contributed by atoms with Gasteiger partial charge in [0.05, 0.1) is 0 Å². The molecule has 10 nitrogen and oxygen atoms in total. The summed E-state index contributed by atoms with van der Waals surface area (Å²) in [6, 6.07) is 3.02. The van der Waals surface area contributed by atoms with Crippen LogP contribution in [0.2, 0.25) is 0 Å². The lowest BCUT2D eigenvalue weighted by molar-refractivity contribution is -0.201. The zero-order chi connectivity index (χ0) is 23.1. The molecule has 0 spiro atoms. The molecule has 1 aromatic carbocycles. The minimum atomic E-state index is -1.23. The summed E-state index contributed by atoms with van der Waals surface area (Å²) in [5.41, 5.74) is 7.99. The largest absolute Gasteiger partial charge is 0.463 e. The van der Waals surface area contributed by atoms with E-state index >= 15 is 0 Å². The number of azide groups is 1. The fourth-order valence-corrected chi connectivity index (χ4v) is 4.55. The highest BCUT2D eigenvalue weighted by molar-refractivity contribution is 9.10. The first-order chi connectivity index (χ1) is 14.6. The van der Waals surface area contributed by atoms with E-state index < -0.39 is 53.5 Å². The first-order valence-corrected chi connectivity index (χ1v) is 10.6. The Bertz CT molecular complexity index is 899. The highest BCUT2D eigenvalue weighted by Crippen LogP contribution is 2.39. The van der Waals surface area contributed by atoms with Crippen LogP contribution >= 0.6 is 27.7 Å². The number of hydrogen-bond acceptors (Lipinski definition) is 9. The highest BCUT2D eigenvalue weighted by Gasteiger charge is 2.50. The van der Waals surface area contributed by atoms with E-state index in [1.807, 2.05) is 0 Å². The lowest BCUT2D eigenvalue weighted by Gasteiger charge is -2.43. The fourth-order valence-electron chi connectivity index (χ4n) is 2.86. The van der Waals surface area contributed by atoms with Gasteiger partial charge in [0.1, 0.15) is 42.2 Å². The van der Waals surface area contributed by atoms with Crippen molar-refractivity contribution in [3.05, 3.63) is 38.9 Å². The van der Waals surface area contributed by atoms with Crippen molar-refractivity contribution in [2.45, 2.75) is 55.5 Å². The summed E-state index contributed by atoms with van der Waals surface area (Å²) in [6.45, 7) is 3.11. The van der Waals surface area contributed by atoms with Gasteiger partial charge in [-0.1, -0.05) is 32.8 Å². The Labute approximate surface area is 189 Å². The normalized spacial score (nSPS) is 25.1. The number of carbonyl (C=O) groups is 3. The van der Waals surface area contributed by atoms with Crippen molar-refractivity contribution in [1.29, 1.82) is 0 Å². The SMILES string of the molecule is CC(=O)OC[C@H]1O[C@H](Sc2cc(Br)ccc2F)[C@H](OC(C)=O)[C@@H](N=[N+]=[N-])[C@H]1OC(C)=O. The van der Waals surface area contributed by atoms with E-state index in [4.69, 9.17) is 24.5 Å². The number of nitrogens with zero attached hydrogens (tertiary/aromatic N) is 3. The lowest BCUT2D eigenvalue weighted by Crippen LogP contribution is -2.59. The molecular formula is C18H19BrFN3O7S. The molecule has 5 atom stereocenters. The average Bonchev–Trinajstić information content (AvgIpc) is 2.67. The van der Waals surface area contributed by atoms with Crippen LogP contribution in [0.15, 0.2) is 32.7 Å². The zero-order valence-corrected chi connectivity index (χ0v) is 19.1. The van der Waals surface area contributed by atoms with E-state index in [9.17, 15) is 18.8 Å². The molecule has 0 unspecified atom stereocenters. The monoisotopic (exact) mass is 519 g/mol. The first kappa shape index (κ1) is 24.9. The van der Waals surface area contributed by atoms with Crippen LogP contribution in [0.5, 0.6) is 0 Å². The summed E-state index contributed by atoms with van der Waals surface area (Å²) in [4.78, 5) is 37.6. The van der Waals surface area contributed by atoms with E-state index in [1.165, 1.54) is 25.1 Å². The van der Waals surface area contributed by atoms with E-state index in [2.05, 4.69) is 26.0 Å². The van der Waals surface area contributed by atoms with Crippen molar-refractivity contribution in [3.8, 4) is 0 Å². The van der Waals surface area contributed by atoms with Crippen molar-refractivity contribution in [2.75, 3.05) is 6.61 Å². The van der Waals surface area contributed by atoms with Crippen LogP contribution < -0.4 is 0 Å². The van der Waals surface area contributed by atoms with Crippen molar-refractivity contribution in [2.24, 2.45) is 5.11 Å². The Hall–Kier alpha value is -2.34. The molecule has 1 heterocycles. The van der Waals surface area contributed by atoms with Gasteiger partial charge in [-0.25, -0.2) is 4.39 Å². The van der Waals surface area contributed by atoms with Gasteiger partial charge in [-0.3, -0.25) is 14.4 Å². The molecule has 0 aromatic heterocycles. The molecule has 0 N–H and O–H groups in total. The Balaban J connectivity index is 2.47. The molecule has 168 valence electrons. The number of esters is 3. The Kier molecular flexibility index (Phi) is 9.11. The minimum Gasteiger partial charge on any atom is -0.463 e. The van der Waals surface area contributed by atoms with Gasteiger partial charge in [0, 0.05) is 35.1 Å². The van der Waals surface area contributed by atoms with Crippen LogP contribution in [0, 0.1) is 5.82 Å². The molecular weight excluding hydrogens is 501 g/mol. The standard InChI is InChI=1S/C18H19BrFN3O7S/c1-8(24)27-7-13-16(28-9(2)25)15(22-23-21)17(29-10(3)26)18(30-13)31-14-6-11(19)4-5-12(14)20/h4-6,13,15-18H,7H2,1-3H3/t13-,15+,16+,17-,18-/m1/s1. The molecule has 1 saturated heterocycles. The van der Waals surface area contributed by atoms with E-state index in [-0.39, 0.29) is 11.5 Å². The summed E-state index contributed by atoms with van der Waals surface area (Å²) in [5, 5.41) is 3.65. The van der Waals surface area contributed by atoms with Gasteiger partial charge in [-0.15, -0.1) is 0 Å². The maximum absolute atomic E-state index is 14.3. The second-order valence-electron chi connectivity index (χ2n) is 6.38. The number of rotatable bonds is 7. The zero-order valence-electron chi connectivity index (χ0n) is 16.7. The van der Waals surface area contributed by atoms with Crippen LogP contribution in [0.3, 0.4) is 0 Å². The smallest absolute Gasteiger partial charge is 0.303 e. The average molecular weight is 520 g/mol. The third-order valence-electron chi connectivity index (χ3n) is 3.99. The van der Waals surface area contributed by atoms with Crippen LogP contribution in [-0.4, -0.2) is 54.3 Å². The summed E-state index contributed by atoms with van der Waals surface area (Å²) >= 11 is 4.13. The van der Waals surface area contributed by atoms with Crippen LogP contribution in [0.25, 0.3) is 10.4 Å².